The second-order valence-corrected chi connectivity index (χ2v) is 9.58. The predicted octanol–water partition coefficient (Wildman–Crippen LogP) is 5.97. The van der Waals surface area contributed by atoms with Crippen LogP contribution in [0.25, 0.3) is 16.8 Å². The number of rotatable bonds is 10. The molecule has 7 heteroatoms. The summed E-state index contributed by atoms with van der Waals surface area (Å²) in [5.74, 6) is 0.358. The van der Waals surface area contributed by atoms with E-state index in [9.17, 15) is 9.59 Å². The summed E-state index contributed by atoms with van der Waals surface area (Å²) in [6.07, 6.45) is 1.53. The topological polar surface area (TPSA) is 74.3 Å². The lowest BCUT2D eigenvalue weighted by Gasteiger charge is -2.28. The summed E-state index contributed by atoms with van der Waals surface area (Å²) in [6, 6.07) is 21.0. The van der Waals surface area contributed by atoms with Crippen LogP contribution < -0.4 is 4.74 Å². The van der Waals surface area contributed by atoms with Crippen molar-refractivity contribution in [2.24, 2.45) is 0 Å². The maximum atomic E-state index is 13.0. The molecule has 0 bridgehead atoms. The third-order valence-corrected chi connectivity index (χ3v) is 5.48. The molecule has 0 N–H and O–H groups in total. The van der Waals surface area contributed by atoms with Crippen LogP contribution in [0.4, 0.5) is 4.79 Å². The Kier molecular flexibility index (Phi) is 9.69. The first-order chi connectivity index (χ1) is 17.7. The van der Waals surface area contributed by atoms with Crippen LogP contribution >= 0.6 is 0 Å². The Morgan fingerprint density at radius 1 is 0.919 bits per heavy atom. The molecule has 1 amide bonds. The smallest absolute Gasteiger partial charge is 0.410 e. The highest BCUT2D eigenvalue weighted by molar-refractivity contribution is 5.89. The van der Waals surface area contributed by atoms with Crippen molar-refractivity contribution in [2.45, 2.75) is 26.4 Å². The Hall–Kier alpha value is -3.84. The maximum absolute atomic E-state index is 13.0. The van der Waals surface area contributed by atoms with E-state index >= 15 is 0 Å². The summed E-state index contributed by atoms with van der Waals surface area (Å²) in [7, 11) is 2.95. The average Bonchev–Trinajstić information content (AvgIpc) is 2.88. The SMILES string of the molecule is COCCN(C/C(=C/c1ccc(C(=O)OC)cc1)COc1cccc2ccccc12)C(=O)OC(C)(C)C. The highest BCUT2D eigenvalue weighted by Gasteiger charge is 2.23. The minimum absolute atomic E-state index is 0.249. The van der Waals surface area contributed by atoms with Crippen molar-refractivity contribution in [3.8, 4) is 5.75 Å². The Labute approximate surface area is 218 Å². The second-order valence-electron chi connectivity index (χ2n) is 9.58. The highest BCUT2D eigenvalue weighted by atomic mass is 16.6. The minimum Gasteiger partial charge on any atom is -0.489 e. The Bertz CT molecular complexity index is 1220. The van der Waals surface area contributed by atoms with Crippen LogP contribution in [-0.2, 0) is 14.2 Å². The zero-order valence-corrected chi connectivity index (χ0v) is 22.2. The normalized spacial score (nSPS) is 11.8. The number of amides is 1. The summed E-state index contributed by atoms with van der Waals surface area (Å²) in [4.78, 5) is 26.4. The molecular weight excluding hydrogens is 470 g/mol. The molecule has 0 saturated heterocycles. The van der Waals surface area contributed by atoms with E-state index in [1.54, 1.807) is 24.1 Å². The standard InChI is InChI=1S/C30H35NO6/c1-30(2,3)37-29(33)31(17-18-34-4)20-23(19-22-13-15-25(16-14-22)28(32)35-5)21-36-27-12-8-10-24-9-6-7-11-26(24)27/h6-16,19H,17-18,20-21H2,1-5H3/b23-19-. The molecule has 0 spiro atoms. The molecule has 0 unspecified atom stereocenters. The van der Waals surface area contributed by atoms with Gasteiger partial charge in [0.1, 0.15) is 18.0 Å². The van der Waals surface area contributed by atoms with Crippen LogP contribution in [0, 0.1) is 0 Å². The van der Waals surface area contributed by atoms with Crippen LogP contribution in [-0.4, -0.2) is 63.1 Å². The van der Waals surface area contributed by atoms with Gasteiger partial charge in [-0.1, -0.05) is 54.6 Å². The number of nitrogens with zero attached hydrogens (tertiary/aromatic N) is 1. The quantitative estimate of drug-likeness (QED) is 0.316. The number of hydrogen-bond acceptors (Lipinski definition) is 6. The molecular formula is C30H35NO6. The molecule has 0 atom stereocenters. The molecule has 37 heavy (non-hydrogen) atoms. The zero-order chi connectivity index (χ0) is 26.8. The van der Waals surface area contributed by atoms with Crippen molar-refractivity contribution in [2.75, 3.05) is 40.5 Å². The van der Waals surface area contributed by atoms with Crippen molar-refractivity contribution in [1.82, 2.24) is 4.90 Å². The van der Waals surface area contributed by atoms with Crippen molar-refractivity contribution >= 4 is 28.9 Å². The molecule has 0 saturated carbocycles. The van der Waals surface area contributed by atoms with Crippen LogP contribution in [0.1, 0.15) is 36.7 Å². The number of carbonyl (C=O) groups excluding carboxylic acids is 2. The van der Waals surface area contributed by atoms with E-state index in [1.807, 2.05) is 81.4 Å². The number of carbonyl (C=O) groups is 2. The zero-order valence-electron chi connectivity index (χ0n) is 22.2. The third kappa shape index (κ3) is 8.36. The van der Waals surface area contributed by atoms with Gasteiger partial charge in [-0.25, -0.2) is 9.59 Å². The Morgan fingerprint density at radius 2 is 1.62 bits per heavy atom. The molecule has 3 aromatic rings. The summed E-state index contributed by atoms with van der Waals surface area (Å²) < 4.78 is 21.9. The van der Waals surface area contributed by atoms with E-state index in [0.717, 1.165) is 27.7 Å². The van der Waals surface area contributed by atoms with Gasteiger partial charge >= 0.3 is 12.1 Å². The van der Waals surface area contributed by atoms with Crippen LogP contribution in [0.5, 0.6) is 5.75 Å². The Balaban J connectivity index is 1.90. The monoisotopic (exact) mass is 505 g/mol. The number of esters is 1. The number of benzene rings is 3. The molecule has 196 valence electrons. The van der Waals surface area contributed by atoms with Gasteiger partial charge < -0.3 is 23.8 Å². The fraction of sp³-hybridized carbons (Fsp3) is 0.333. The van der Waals surface area contributed by atoms with E-state index in [4.69, 9.17) is 18.9 Å². The molecule has 3 aromatic carbocycles. The molecule has 3 rings (SSSR count). The van der Waals surface area contributed by atoms with Gasteiger partial charge in [-0.3, -0.25) is 0 Å². The van der Waals surface area contributed by atoms with Gasteiger partial charge in [-0.05, 0) is 55.5 Å². The highest BCUT2D eigenvalue weighted by Crippen LogP contribution is 2.26. The molecule has 0 aliphatic heterocycles. The van der Waals surface area contributed by atoms with Crippen molar-refractivity contribution < 1.29 is 28.5 Å². The third-order valence-electron chi connectivity index (χ3n) is 5.48. The predicted molar refractivity (Wildman–Crippen MR) is 145 cm³/mol. The van der Waals surface area contributed by atoms with Crippen molar-refractivity contribution in [3.63, 3.8) is 0 Å². The second kappa shape index (κ2) is 12.9. The molecule has 0 aliphatic rings. The van der Waals surface area contributed by atoms with Gasteiger partial charge in [0.25, 0.3) is 0 Å². The fourth-order valence-corrected chi connectivity index (χ4v) is 3.70. The lowest BCUT2D eigenvalue weighted by molar-refractivity contribution is 0.0218. The lowest BCUT2D eigenvalue weighted by Crippen LogP contribution is -2.40. The van der Waals surface area contributed by atoms with Crippen molar-refractivity contribution in [3.05, 3.63) is 83.4 Å². The number of hydrogen-bond donors (Lipinski definition) is 0. The molecule has 0 heterocycles. The van der Waals surface area contributed by atoms with Crippen LogP contribution in [0.2, 0.25) is 0 Å². The maximum Gasteiger partial charge on any atom is 0.410 e. The number of ether oxygens (including phenoxy) is 4. The van der Waals surface area contributed by atoms with Gasteiger partial charge in [0, 0.05) is 25.6 Å². The van der Waals surface area contributed by atoms with Crippen LogP contribution in [0.15, 0.2) is 72.3 Å². The number of fused-ring (bicyclic) bond motifs is 1. The molecule has 0 aliphatic carbocycles. The van der Waals surface area contributed by atoms with Crippen molar-refractivity contribution in [1.29, 1.82) is 0 Å². The summed E-state index contributed by atoms with van der Waals surface area (Å²) in [5, 5.41) is 2.09. The average molecular weight is 506 g/mol. The van der Waals surface area contributed by atoms with E-state index in [-0.39, 0.29) is 13.2 Å². The fourth-order valence-electron chi connectivity index (χ4n) is 3.70. The minimum atomic E-state index is -0.630. The van der Waals surface area contributed by atoms with Crippen LogP contribution in [0.3, 0.4) is 0 Å². The van der Waals surface area contributed by atoms with E-state index in [2.05, 4.69) is 0 Å². The summed E-state index contributed by atoms with van der Waals surface area (Å²) in [6.45, 7) is 6.76. The molecule has 0 radical (unpaired) electrons. The van der Waals surface area contributed by atoms with Gasteiger partial charge in [-0.2, -0.15) is 0 Å². The first-order valence-electron chi connectivity index (χ1n) is 12.2. The van der Waals surface area contributed by atoms with E-state index in [0.29, 0.717) is 18.7 Å². The largest absolute Gasteiger partial charge is 0.489 e. The Morgan fingerprint density at radius 3 is 2.30 bits per heavy atom. The summed E-state index contributed by atoms with van der Waals surface area (Å²) >= 11 is 0. The number of methoxy groups -OCH3 is 2. The lowest BCUT2D eigenvalue weighted by atomic mass is 10.1. The molecule has 0 fully saturated rings. The van der Waals surface area contributed by atoms with Gasteiger partial charge in [0.05, 0.1) is 19.3 Å². The van der Waals surface area contributed by atoms with E-state index in [1.165, 1.54) is 7.11 Å². The van der Waals surface area contributed by atoms with Gasteiger partial charge in [0.2, 0.25) is 0 Å². The molecule has 7 nitrogen and oxygen atoms in total. The van der Waals surface area contributed by atoms with Gasteiger partial charge in [-0.15, -0.1) is 0 Å². The molecule has 0 aromatic heterocycles. The van der Waals surface area contributed by atoms with Gasteiger partial charge in [0.15, 0.2) is 0 Å². The first-order valence-corrected chi connectivity index (χ1v) is 12.2. The van der Waals surface area contributed by atoms with E-state index < -0.39 is 17.7 Å². The summed E-state index contributed by atoms with van der Waals surface area (Å²) in [5.41, 5.74) is 1.54. The first kappa shape index (κ1) is 27.7.